The van der Waals surface area contributed by atoms with Crippen LogP contribution in [0.2, 0.25) is 0 Å². The highest BCUT2D eigenvalue weighted by atomic mass is 16.2. The van der Waals surface area contributed by atoms with Crippen LogP contribution in [0.1, 0.15) is 48.2 Å². The largest absolute Gasteiger partial charge is 0.345 e. The first-order valence-corrected chi connectivity index (χ1v) is 9.45. The Morgan fingerprint density at radius 3 is 2.42 bits per heavy atom. The molecular weight excluding hydrogens is 326 g/mol. The number of amides is 2. The van der Waals surface area contributed by atoms with Gasteiger partial charge in [0.25, 0.3) is 5.91 Å². The predicted octanol–water partition coefficient (Wildman–Crippen LogP) is 2.60. The second kappa shape index (κ2) is 8.21. The molecule has 1 aliphatic heterocycles. The molecule has 2 rings (SSSR count). The molecule has 1 unspecified atom stereocenters. The van der Waals surface area contributed by atoms with Crippen LogP contribution in [-0.4, -0.2) is 54.8 Å². The van der Waals surface area contributed by atoms with Crippen molar-refractivity contribution in [3.05, 3.63) is 34.9 Å². The van der Waals surface area contributed by atoms with E-state index in [4.69, 9.17) is 5.73 Å². The fourth-order valence-electron chi connectivity index (χ4n) is 3.74. The maximum absolute atomic E-state index is 12.9. The smallest absolute Gasteiger partial charge is 0.253 e. The van der Waals surface area contributed by atoms with Crippen LogP contribution in [0.4, 0.5) is 0 Å². The monoisotopic (exact) mass is 359 g/mol. The summed E-state index contributed by atoms with van der Waals surface area (Å²) in [5.74, 6) is 0.0147. The number of benzene rings is 1. The summed E-state index contributed by atoms with van der Waals surface area (Å²) in [5.41, 5.74) is 8.58. The van der Waals surface area contributed by atoms with Crippen LogP contribution >= 0.6 is 0 Å². The molecule has 26 heavy (non-hydrogen) atoms. The molecule has 1 heterocycles. The maximum atomic E-state index is 12.9. The summed E-state index contributed by atoms with van der Waals surface area (Å²) in [5, 5.41) is 0. The van der Waals surface area contributed by atoms with Gasteiger partial charge in [0.05, 0.1) is 5.92 Å². The second-order valence-electron chi connectivity index (χ2n) is 8.53. The van der Waals surface area contributed by atoms with Crippen molar-refractivity contribution in [1.29, 1.82) is 0 Å². The van der Waals surface area contributed by atoms with Crippen LogP contribution in [0.15, 0.2) is 18.2 Å². The Kier molecular flexibility index (Phi) is 6.45. The minimum atomic E-state index is -0.128. The van der Waals surface area contributed by atoms with E-state index in [9.17, 15) is 9.59 Å². The van der Waals surface area contributed by atoms with E-state index in [1.807, 2.05) is 37.9 Å². The third-order valence-electron chi connectivity index (χ3n) is 5.12. The summed E-state index contributed by atoms with van der Waals surface area (Å²) >= 11 is 0. The van der Waals surface area contributed by atoms with E-state index in [1.165, 1.54) is 0 Å². The third kappa shape index (κ3) is 5.07. The molecule has 1 saturated heterocycles. The van der Waals surface area contributed by atoms with Crippen LogP contribution in [-0.2, 0) is 4.79 Å². The molecule has 5 heteroatoms. The van der Waals surface area contributed by atoms with Crippen molar-refractivity contribution in [3.63, 3.8) is 0 Å². The molecule has 1 atom stereocenters. The molecule has 0 spiro atoms. The number of carbonyl (C=O) groups excluding carboxylic acids is 2. The van der Waals surface area contributed by atoms with Crippen molar-refractivity contribution in [3.8, 4) is 0 Å². The number of nitrogens with zero attached hydrogens (tertiary/aromatic N) is 2. The molecular formula is C21H33N3O2. The van der Waals surface area contributed by atoms with Gasteiger partial charge in [0.1, 0.15) is 0 Å². The highest BCUT2D eigenvalue weighted by Gasteiger charge is 2.32. The molecule has 0 aromatic heterocycles. The van der Waals surface area contributed by atoms with Crippen LogP contribution in [0, 0.1) is 25.2 Å². The van der Waals surface area contributed by atoms with Crippen LogP contribution < -0.4 is 5.73 Å². The van der Waals surface area contributed by atoms with E-state index in [-0.39, 0.29) is 23.1 Å². The lowest BCUT2D eigenvalue weighted by atomic mass is 9.91. The highest BCUT2D eigenvalue weighted by molar-refractivity contribution is 5.95. The average Bonchev–Trinajstić information content (AvgIpc) is 2.59. The molecule has 2 amide bonds. The molecule has 1 fully saturated rings. The van der Waals surface area contributed by atoms with Crippen molar-refractivity contribution in [2.24, 2.45) is 17.1 Å². The summed E-state index contributed by atoms with van der Waals surface area (Å²) in [6, 6.07) is 5.92. The number of rotatable bonds is 5. The Morgan fingerprint density at radius 2 is 1.85 bits per heavy atom. The Morgan fingerprint density at radius 1 is 1.23 bits per heavy atom. The standard InChI is InChI=1S/C21H33N3O2/c1-15-9-16(2)11-18(10-15)20(26)24-8-6-7-17(12-24)19(25)23(5)14-21(3,4)13-22/h9-11,17H,6-8,12-14,22H2,1-5H3. The van der Waals surface area contributed by atoms with Gasteiger partial charge in [0, 0.05) is 32.2 Å². The van der Waals surface area contributed by atoms with Gasteiger partial charge in [-0.25, -0.2) is 0 Å². The average molecular weight is 360 g/mol. The Hall–Kier alpha value is -1.88. The van der Waals surface area contributed by atoms with E-state index in [2.05, 4.69) is 19.9 Å². The summed E-state index contributed by atoms with van der Waals surface area (Å²) < 4.78 is 0. The molecule has 0 radical (unpaired) electrons. The Balaban J connectivity index is 2.06. The zero-order valence-corrected chi connectivity index (χ0v) is 16.8. The van der Waals surface area contributed by atoms with Gasteiger partial charge in [0.15, 0.2) is 0 Å². The lowest BCUT2D eigenvalue weighted by Gasteiger charge is -2.36. The quantitative estimate of drug-likeness (QED) is 0.879. The molecule has 5 nitrogen and oxygen atoms in total. The normalized spacial score (nSPS) is 17.9. The molecule has 0 aliphatic carbocycles. The van der Waals surface area contributed by atoms with Crippen molar-refractivity contribution < 1.29 is 9.59 Å². The summed E-state index contributed by atoms with van der Waals surface area (Å²) in [6.45, 7) is 10.5. The first-order chi connectivity index (χ1) is 12.1. The van der Waals surface area contributed by atoms with Gasteiger partial charge < -0.3 is 15.5 Å². The fraction of sp³-hybridized carbons (Fsp3) is 0.619. The summed E-state index contributed by atoms with van der Waals surface area (Å²) in [6.07, 6.45) is 1.70. The molecule has 1 aromatic rings. The number of hydrogen-bond acceptors (Lipinski definition) is 3. The van der Waals surface area contributed by atoms with Gasteiger partial charge in [-0.15, -0.1) is 0 Å². The van der Waals surface area contributed by atoms with Gasteiger partial charge in [-0.05, 0) is 50.8 Å². The molecule has 1 aromatic carbocycles. The van der Waals surface area contributed by atoms with E-state index in [0.29, 0.717) is 31.7 Å². The van der Waals surface area contributed by atoms with Gasteiger partial charge in [-0.2, -0.15) is 0 Å². The van der Waals surface area contributed by atoms with Crippen LogP contribution in [0.5, 0.6) is 0 Å². The topological polar surface area (TPSA) is 66.6 Å². The van der Waals surface area contributed by atoms with Crippen LogP contribution in [0.3, 0.4) is 0 Å². The second-order valence-corrected chi connectivity index (χ2v) is 8.53. The molecule has 0 bridgehead atoms. The number of nitrogens with two attached hydrogens (primary N) is 1. The number of piperidine rings is 1. The van der Waals surface area contributed by atoms with Gasteiger partial charge in [-0.3, -0.25) is 9.59 Å². The minimum absolute atomic E-state index is 0.0271. The van der Waals surface area contributed by atoms with Gasteiger partial charge in [-0.1, -0.05) is 31.0 Å². The lowest BCUT2D eigenvalue weighted by Crippen LogP contribution is -2.48. The minimum Gasteiger partial charge on any atom is -0.345 e. The van der Waals surface area contributed by atoms with E-state index >= 15 is 0 Å². The zero-order valence-electron chi connectivity index (χ0n) is 16.8. The molecule has 1 aliphatic rings. The third-order valence-corrected chi connectivity index (χ3v) is 5.12. The van der Waals surface area contributed by atoms with Crippen molar-refractivity contribution in [1.82, 2.24) is 9.80 Å². The molecule has 2 N–H and O–H groups in total. The SMILES string of the molecule is Cc1cc(C)cc(C(=O)N2CCCC(C(=O)N(C)CC(C)(C)CN)C2)c1. The molecule has 0 saturated carbocycles. The number of hydrogen-bond donors (Lipinski definition) is 1. The zero-order chi connectivity index (χ0) is 19.5. The maximum Gasteiger partial charge on any atom is 0.253 e. The lowest BCUT2D eigenvalue weighted by molar-refractivity contribution is -0.136. The Labute approximate surface area is 157 Å². The number of carbonyl (C=O) groups is 2. The van der Waals surface area contributed by atoms with E-state index < -0.39 is 0 Å². The van der Waals surface area contributed by atoms with Crippen molar-refractivity contribution in [2.45, 2.75) is 40.5 Å². The predicted molar refractivity (Wildman–Crippen MR) is 105 cm³/mol. The van der Waals surface area contributed by atoms with Crippen LogP contribution in [0.25, 0.3) is 0 Å². The molecule has 144 valence electrons. The number of likely N-dealkylation sites (tertiary alicyclic amines) is 1. The first kappa shape index (κ1) is 20.4. The van der Waals surface area contributed by atoms with E-state index in [0.717, 1.165) is 24.0 Å². The number of aryl methyl sites for hydroxylation is 2. The first-order valence-electron chi connectivity index (χ1n) is 9.45. The fourth-order valence-corrected chi connectivity index (χ4v) is 3.74. The van der Waals surface area contributed by atoms with Crippen molar-refractivity contribution >= 4 is 11.8 Å². The summed E-state index contributed by atoms with van der Waals surface area (Å²) in [7, 11) is 1.84. The van der Waals surface area contributed by atoms with Crippen molar-refractivity contribution in [2.75, 3.05) is 33.2 Å². The van der Waals surface area contributed by atoms with E-state index in [1.54, 1.807) is 4.90 Å². The Bertz CT molecular complexity index is 649. The van der Waals surface area contributed by atoms with Gasteiger partial charge in [0.2, 0.25) is 5.91 Å². The van der Waals surface area contributed by atoms with Gasteiger partial charge >= 0.3 is 0 Å². The summed E-state index contributed by atoms with van der Waals surface area (Å²) in [4.78, 5) is 29.4. The highest BCUT2D eigenvalue weighted by Crippen LogP contribution is 2.23.